The van der Waals surface area contributed by atoms with Gasteiger partial charge in [0, 0.05) is 10.8 Å². The molecule has 0 unspecified atom stereocenters. The molecule has 1 nitrogen and oxygen atoms in total. The van der Waals surface area contributed by atoms with Crippen molar-refractivity contribution in [2.45, 2.75) is 26.4 Å². The van der Waals surface area contributed by atoms with E-state index in [1.54, 1.807) is 0 Å². The van der Waals surface area contributed by atoms with Gasteiger partial charge in [0.05, 0.1) is 30.1 Å². The summed E-state index contributed by atoms with van der Waals surface area (Å²) in [6.45, 7) is 5.55. The lowest BCUT2D eigenvalue weighted by atomic mass is 10.1. The van der Waals surface area contributed by atoms with Gasteiger partial charge in [0.25, 0.3) is 0 Å². The van der Waals surface area contributed by atoms with Crippen LogP contribution in [0.25, 0.3) is 10.8 Å². The van der Waals surface area contributed by atoms with Crippen LogP contribution in [0.3, 0.4) is 0 Å². The molecule has 120 valence electrons. The van der Waals surface area contributed by atoms with Crippen molar-refractivity contribution in [3.63, 3.8) is 0 Å². The fourth-order valence-electron chi connectivity index (χ4n) is 1.86. The average molecular weight is 441 g/mol. The maximum absolute atomic E-state index is 6.41. The Morgan fingerprint density at radius 3 is 1.32 bits per heavy atom. The molecule has 0 radical (unpaired) electrons. The van der Waals surface area contributed by atoms with Crippen molar-refractivity contribution in [1.29, 1.82) is 0 Å². The minimum atomic E-state index is -0.545. The SMILES string of the molecule is CC(C)(C)Oc1c(Cl)c(Cl)c2c(Cl)c(Cl)c(Cl)c(Cl)c2c1Cl. The highest BCUT2D eigenvalue weighted by molar-refractivity contribution is 6.59. The first kappa shape index (κ1) is 18.9. The van der Waals surface area contributed by atoms with Gasteiger partial charge in [-0.1, -0.05) is 81.2 Å². The van der Waals surface area contributed by atoms with Gasteiger partial charge in [0.2, 0.25) is 0 Å². The summed E-state index contributed by atoms with van der Waals surface area (Å²) in [7, 11) is 0. The maximum Gasteiger partial charge on any atom is 0.159 e. The summed E-state index contributed by atoms with van der Waals surface area (Å²) >= 11 is 43.6. The molecule has 0 aliphatic heterocycles. The highest BCUT2D eigenvalue weighted by Crippen LogP contribution is 2.53. The van der Waals surface area contributed by atoms with E-state index < -0.39 is 5.60 Å². The van der Waals surface area contributed by atoms with Crippen molar-refractivity contribution in [3.05, 3.63) is 35.2 Å². The van der Waals surface area contributed by atoms with E-state index in [4.69, 9.17) is 85.9 Å². The van der Waals surface area contributed by atoms with Crippen LogP contribution in [-0.2, 0) is 0 Å². The third-order valence-electron chi connectivity index (χ3n) is 2.71. The predicted octanol–water partition coefficient (Wildman–Crippen LogP) is 8.59. The molecular formula is C14H9Cl7O. The fourth-order valence-corrected chi connectivity index (χ4v) is 3.87. The number of hydrogen-bond acceptors (Lipinski definition) is 1. The molecule has 0 saturated carbocycles. The lowest BCUT2D eigenvalue weighted by Gasteiger charge is -2.24. The van der Waals surface area contributed by atoms with Gasteiger partial charge in [0.15, 0.2) is 5.75 Å². The van der Waals surface area contributed by atoms with Crippen molar-refractivity contribution in [2.75, 3.05) is 0 Å². The lowest BCUT2D eigenvalue weighted by Crippen LogP contribution is -2.23. The van der Waals surface area contributed by atoms with Crippen molar-refractivity contribution in [1.82, 2.24) is 0 Å². The second kappa shape index (κ2) is 6.44. The van der Waals surface area contributed by atoms with Gasteiger partial charge in [-0.15, -0.1) is 0 Å². The molecule has 0 N–H and O–H groups in total. The van der Waals surface area contributed by atoms with Gasteiger partial charge in [0.1, 0.15) is 10.6 Å². The summed E-state index contributed by atoms with van der Waals surface area (Å²) in [6.07, 6.45) is 0. The van der Waals surface area contributed by atoms with E-state index in [9.17, 15) is 0 Å². The topological polar surface area (TPSA) is 9.23 Å². The summed E-state index contributed by atoms with van der Waals surface area (Å²) in [6, 6.07) is 0. The van der Waals surface area contributed by atoms with E-state index in [-0.39, 0.29) is 40.9 Å². The van der Waals surface area contributed by atoms with E-state index >= 15 is 0 Å². The fraction of sp³-hybridized carbons (Fsp3) is 0.286. The highest BCUT2D eigenvalue weighted by atomic mass is 35.5. The zero-order valence-corrected chi connectivity index (χ0v) is 16.8. The highest BCUT2D eigenvalue weighted by Gasteiger charge is 2.27. The summed E-state index contributed by atoms with van der Waals surface area (Å²) in [5.41, 5.74) is -0.545. The smallest absolute Gasteiger partial charge is 0.159 e. The molecule has 8 heteroatoms. The molecule has 0 heterocycles. The second-order valence-corrected chi connectivity index (χ2v) is 8.14. The lowest BCUT2D eigenvalue weighted by molar-refractivity contribution is 0.131. The molecule has 0 aromatic heterocycles. The Morgan fingerprint density at radius 1 is 0.545 bits per heavy atom. The normalized spacial score (nSPS) is 12.1. The van der Waals surface area contributed by atoms with Crippen LogP contribution in [0.5, 0.6) is 5.75 Å². The van der Waals surface area contributed by atoms with Crippen LogP contribution in [0, 0.1) is 0 Å². The molecule has 2 rings (SSSR count). The molecule has 0 bridgehead atoms. The number of hydrogen-bond donors (Lipinski definition) is 0. The molecule has 0 spiro atoms. The Labute approximate surface area is 163 Å². The van der Waals surface area contributed by atoms with E-state index in [0.717, 1.165) is 0 Å². The van der Waals surface area contributed by atoms with Crippen LogP contribution in [0.2, 0.25) is 35.2 Å². The molecule has 0 amide bonds. The average Bonchev–Trinajstić information content (AvgIpc) is 2.41. The molecule has 2 aromatic carbocycles. The molecule has 0 saturated heterocycles. The van der Waals surface area contributed by atoms with Gasteiger partial charge in [-0.2, -0.15) is 0 Å². The van der Waals surface area contributed by atoms with E-state index in [1.807, 2.05) is 20.8 Å². The first-order valence-corrected chi connectivity index (χ1v) is 8.63. The zero-order valence-electron chi connectivity index (χ0n) is 11.6. The monoisotopic (exact) mass is 438 g/mol. The van der Waals surface area contributed by atoms with Crippen molar-refractivity contribution in [3.8, 4) is 5.75 Å². The molecule has 0 fully saturated rings. The Bertz CT molecular complexity index is 778. The number of benzene rings is 2. The summed E-state index contributed by atoms with van der Waals surface area (Å²) in [5, 5.41) is 1.55. The Kier molecular flexibility index (Phi) is 5.52. The van der Waals surface area contributed by atoms with Crippen LogP contribution in [0.15, 0.2) is 0 Å². The number of halogens is 7. The standard InChI is InChI=1S/C14H9Cl7O/c1-14(2,3)22-13-9(18)5-4(8(17)12(13)21)6(15)10(19)11(20)7(5)16/h1-3H3. The summed E-state index contributed by atoms with van der Waals surface area (Å²) < 4.78 is 5.79. The van der Waals surface area contributed by atoms with Gasteiger partial charge in [-0.3, -0.25) is 0 Å². The minimum absolute atomic E-state index is 0.0827. The third kappa shape index (κ3) is 3.19. The molecule has 0 atom stereocenters. The quantitative estimate of drug-likeness (QED) is 0.318. The third-order valence-corrected chi connectivity index (χ3v) is 5.70. The zero-order chi connectivity index (χ0) is 17.0. The van der Waals surface area contributed by atoms with Crippen LogP contribution < -0.4 is 4.74 Å². The van der Waals surface area contributed by atoms with Gasteiger partial charge < -0.3 is 4.74 Å². The number of fused-ring (bicyclic) bond motifs is 1. The maximum atomic E-state index is 6.41. The van der Waals surface area contributed by atoms with Crippen LogP contribution in [0.1, 0.15) is 20.8 Å². The van der Waals surface area contributed by atoms with E-state index in [0.29, 0.717) is 10.8 Å². The Hall–Kier alpha value is 0.530. The summed E-state index contributed by atoms with van der Waals surface area (Å²) in [4.78, 5) is 0. The first-order valence-electron chi connectivity index (χ1n) is 5.98. The van der Waals surface area contributed by atoms with Crippen LogP contribution in [0.4, 0.5) is 0 Å². The second-order valence-electron chi connectivity index (χ2n) is 5.49. The minimum Gasteiger partial charge on any atom is -0.485 e. The van der Waals surface area contributed by atoms with Gasteiger partial charge in [-0.25, -0.2) is 0 Å². The molecule has 0 aliphatic rings. The molecular weight excluding hydrogens is 432 g/mol. The van der Waals surface area contributed by atoms with Crippen molar-refractivity contribution >= 4 is 92.0 Å². The van der Waals surface area contributed by atoms with Crippen LogP contribution >= 0.6 is 81.2 Å². The predicted molar refractivity (Wildman–Crippen MR) is 99.4 cm³/mol. The summed E-state index contributed by atoms with van der Waals surface area (Å²) in [5.74, 6) is 0.213. The Morgan fingerprint density at radius 2 is 0.909 bits per heavy atom. The van der Waals surface area contributed by atoms with Crippen molar-refractivity contribution in [2.24, 2.45) is 0 Å². The molecule has 2 aromatic rings. The molecule has 0 aliphatic carbocycles. The van der Waals surface area contributed by atoms with E-state index in [1.165, 1.54) is 0 Å². The Balaban J connectivity index is 3.01. The number of ether oxygens (including phenoxy) is 1. The van der Waals surface area contributed by atoms with Crippen LogP contribution in [-0.4, -0.2) is 5.60 Å². The van der Waals surface area contributed by atoms with Gasteiger partial charge in [-0.05, 0) is 20.8 Å². The number of rotatable bonds is 1. The molecule has 22 heavy (non-hydrogen) atoms. The largest absolute Gasteiger partial charge is 0.485 e. The van der Waals surface area contributed by atoms with Crippen molar-refractivity contribution < 1.29 is 4.74 Å². The van der Waals surface area contributed by atoms with Gasteiger partial charge >= 0.3 is 0 Å². The first-order chi connectivity index (χ1) is 9.97. The van der Waals surface area contributed by atoms with E-state index in [2.05, 4.69) is 0 Å².